The number of amides is 1. The van der Waals surface area contributed by atoms with Crippen molar-refractivity contribution in [2.75, 3.05) is 6.54 Å². The van der Waals surface area contributed by atoms with E-state index in [2.05, 4.69) is 10.6 Å². The molecule has 1 saturated carbocycles. The highest BCUT2D eigenvalue weighted by Crippen LogP contribution is 2.18. The number of aliphatic hydroxyl groups is 1. The van der Waals surface area contributed by atoms with Crippen LogP contribution in [0, 0.1) is 0 Å². The first-order chi connectivity index (χ1) is 7.25. The van der Waals surface area contributed by atoms with Gasteiger partial charge in [0.1, 0.15) is 0 Å². The zero-order chi connectivity index (χ0) is 10.7. The van der Waals surface area contributed by atoms with Gasteiger partial charge in [-0.25, -0.2) is 0 Å². The van der Waals surface area contributed by atoms with Gasteiger partial charge in [0.05, 0.1) is 12.1 Å². The molecule has 2 unspecified atom stereocenters. The van der Waals surface area contributed by atoms with Gasteiger partial charge in [0.15, 0.2) is 0 Å². The first kappa shape index (κ1) is 10.9. The van der Waals surface area contributed by atoms with Crippen molar-refractivity contribution >= 4 is 5.91 Å². The van der Waals surface area contributed by atoms with Gasteiger partial charge < -0.3 is 15.7 Å². The largest absolute Gasteiger partial charge is 0.393 e. The first-order valence-electron chi connectivity index (χ1n) is 5.97. The van der Waals surface area contributed by atoms with E-state index in [1.165, 1.54) is 0 Å². The standard InChI is InChI=1S/C11H20N2O2/c14-9-4-1-3-8(7-9)13-11(15)10-5-2-6-12-10/h8-10,12,14H,1-7H2,(H,13,15)/t8?,9?,10-/m0/s1. The van der Waals surface area contributed by atoms with Crippen molar-refractivity contribution in [1.82, 2.24) is 10.6 Å². The normalized spacial score (nSPS) is 36.5. The van der Waals surface area contributed by atoms with Crippen LogP contribution < -0.4 is 10.6 Å². The minimum Gasteiger partial charge on any atom is -0.393 e. The zero-order valence-electron chi connectivity index (χ0n) is 9.04. The molecule has 1 amide bonds. The molecule has 0 aromatic carbocycles. The van der Waals surface area contributed by atoms with Gasteiger partial charge >= 0.3 is 0 Å². The number of carbonyl (C=O) groups excluding carboxylic acids is 1. The maximum absolute atomic E-state index is 11.8. The number of hydrogen-bond donors (Lipinski definition) is 3. The third kappa shape index (κ3) is 2.92. The van der Waals surface area contributed by atoms with Gasteiger partial charge in [0.2, 0.25) is 5.91 Å². The maximum Gasteiger partial charge on any atom is 0.237 e. The zero-order valence-corrected chi connectivity index (χ0v) is 9.04. The number of nitrogens with one attached hydrogen (secondary N) is 2. The molecular weight excluding hydrogens is 192 g/mol. The molecule has 0 spiro atoms. The topological polar surface area (TPSA) is 61.4 Å². The van der Waals surface area contributed by atoms with Crippen LogP contribution in [0.1, 0.15) is 38.5 Å². The van der Waals surface area contributed by atoms with Crippen molar-refractivity contribution in [2.24, 2.45) is 0 Å². The van der Waals surface area contributed by atoms with Gasteiger partial charge in [-0.05, 0) is 45.1 Å². The lowest BCUT2D eigenvalue weighted by Crippen LogP contribution is -2.47. The lowest BCUT2D eigenvalue weighted by atomic mass is 9.93. The minimum absolute atomic E-state index is 0.00377. The van der Waals surface area contributed by atoms with Gasteiger partial charge in [-0.3, -0.25) is 4.79 Å². The second-order valence-corrected chi connectivity index (χ2v) is 4.67. The predicted molar refractivity (Wildman–Crippen MR) is 57.4 cm³/mol. The molecule has 0 aromatic rings. The second kappa shape index (κ2) is 4.94. The summed E-state index contributed by atoms with van der Waals surface area (Å²) in [6.07, 6.45) is 5.44. The average molecular weight is 212 g/mol. The van der Waals surface area contributed by atoms with Crippen molar-refractivity contribution in [2.45, 2.75) is 56.7 Å². The summed E-state index contributed by atoms with van der Waals surface area (Å²) < 4.78 is 0. The highest BCUT2D eigenvalue weighted by atomic mass is 16.3. The Kier molecular flexibility index (Phi) is 3.59. The molecule has 2 rings (SSSR count). The summed E-state index contributed by atoms with van der Waals surface area (Å²) in [6.45, 7) is 0.950. The fraction of sp³-hybridized carbons (Fsp3) is 0.909. The van der Waals surface area contributed by atoms with E-state index in [0.717, 1.165) is 45.1 Å². The molecule has 3 atom stereocenters. The number of aliphatic hydroxyl groups excluding tert-OH is 1. The van der Waals surface area contributed by atoms with Crippen LogP contribution in [0.15, 0.2) is 0 Å². The Morgan fingerprint density at radius 3 is 2.80 bits per heavy atom. The van der Waals surface area contributed by atoms with Crippen molar-refractivity contribution < 1.29 is 9.90 Å². The molecule has 3 N–H and O–H groups in total. The van der Waals surface area contributed by atoms with Crippen LogP contribution in [0.5, 0.6) is 0 Å². The summed E-state index contributed by atoms with van der Waals surface area (Å²) in [6, 6.07) is 0.188. The van der Waals surface area contributed by atoms with Gasteiger partial charge in [0.25, 0.3) is 0 Å². The summed E-state index contributed by atoms with van der Waals surface area (Å²) in [5, 5.41) is 15.7. The van der Waals surface area contributed by atoms with Crippen LogP contribution >= 0.6 is 0 Å². The van der Waals surface area contributed by atoms with Crippen molar-refractivity contribution in [3.05, 3.63) is 0 Å². The highest BCUT2D eigenvalue weighted by molar-refractivity contribution is 5.82. The van der Waals surface area contributed by atoms with Crippen LogP contribution in [0.4, 0.5) is 0 Å². The third-order valence-corrected chi connectivity index (χ3v) is 3.37. The van der Waals surface area contributed by atoms with E-state index >= 15 is 0 Å². The van der Waals surface area contributed by atoms with Crippen molar-refractivity contribution in [3.8, 4) is 0 Å². The summed E-state index contributed by atoms with van der Waals surface area (Å²) >= 11 is 0. The van der Waals surface area contributed by atoms with Crippen LogP contribution in [0.3, 0.4) is 0 Å². The Labute approximate surface area is 90.4 Å². The van der Waals surface area contributed by atoms with Crippen LogP contribution in [0.25, 0.3) is 0 Å². The molecule has 4 heteroatoms. The lowest BCUT2D eigenvalue weighted by molar-refractivity contribution is -0.123. The number of carbonyl (C=O) groups is 1. The van der Waals surface area contributed by atoms with E-state index in [4.69, 9.17) is 0 Å². The predicted octanol–water partition coefficient (Wildman–Crippen LogP) is 0.158. The molecule has 1 heterocycles. The number of rotatable bonds is 2. The SMILES string of the molecule is O=C(NC1CCCC(O)C1)[C@@H]1CCCN1. The molecule has 86 valence electrons. The summed E-state index contributed by atoms with van der Waals surface area (Å²) in [5.74, 6) is 0.117. The fourth-order valence-electron chi connectivity index (χ4n) is 2.51. The molecule has 1 saturated heterocycles. The van der Waals surface area contributed by atoms with Crippen molar-refractivity contribution in [3.63, 3.8) is 0 Å². The molecular formula is C11H20N2O2. The summed E-state index contributed by atoms with van der Waals surface area (Å²) in [4.78, 5) is 11.8. The second-order valence-electron chi connectivity index (χ2n) is 4.67. The Balaban J connectivity index is 1.77. The number of hydrogen-bond acceptors (Lipinski definition) is 3. The molecule has 1 aliphatic carbocycles. The molecule has 1 aliphatic heterocycles. The molecule has 2 aliphatic rings. The van der Waals surface area contributed by atoms with Crippen LogP contribution in [-0.4, -0.2) is 35.7 Å². The van der Waals surface area contributed by atoms with Gasteiger partial charge in [-0.1, -0.05) is 0 Å². The lowest BCUT2D eigenvalue weighted by Gasteiger charge is -2.27. The van der Waals surface area contributed by atoms with Gasteiger partial charge in [-0.2, -0.15) is 0 Å². The fourth-order valence-corrected chi connectivity index (χ4v) is 2.51. The van der Waals surface area contributed by atoms with Crippen LogP contribution in [-0.2, 0) is 4.79 Å². The Bertz CT molecular complexity index is 227. The minimum atomic E-state index is -0.222. The molecule has 0 bridgehead atoms. The van der Waals surface area contributed by atoms with Crippen molar-refractivity contribution in [1.29, 1.82) is 0 Å². The highest BCUT2D eigenvalue weighted by Gasteiger charge is 2.26. The Morgan fingerprint density at radius 1 is 1.27 bits per heavy atom. The monoisotopic (exact) mass is 212 g/mol. The molecule has 0 radical (unpaired) electrons. The van der Waals surface area contributed by atoms with E-state index < -0.39 is 0 Å². The van der Waals surface area contributed by atoms with Crippen LogP contribution in [0.2, 0.25) is 0 Å². The van der Waals surface area contributed by atoms with E-state index in [0.29, 0.717) is 0 Å². The smallest absolute Gasteiger partial charge is 0.237 e. The van der Waals surface area contributed by atoms with E-state index in [-0.39, 0.29) is 24.1 Å². The molecule has 15 heavy (non-hydrogen) atoms. The molecule has 0 aromatic heterocycles. The summed E-state index contributed by atoms with van der Waals surface area (Å²) in [5.41, 5.74) is 0. The van der Waals surface area contributed by atoms with E-state index in [1.54, 1.807) is 0 Å². The summed E-state index contributed by atoms with van der Waals surface area (Å²) in [7, 11) is 0. The first-order valence-corrected chi connectivity index (χ1v) is 5.97. The Morgan fingerprint density at radius 2 is 2.13 bits per heavy atom. The van der Waals surface area contributed by atoms with Gasteiger partial charge in [0, 0.05) is 6.04 Å². The molecule has 2 fully saturated rings. The van der Waals surface area contributed by atoms with Gasteiger partial charge in [-0.15, -0.1) is 0 Å². The maximum atomic E-state index is 11.8. The van der Waals surface area contributed by atoms with E-state index in [1.807, 2.05) is 0 Å². The third-order valence-electron chi connectivity index (χ3n) is 3.37. The quantitative estimate of drug-likeness (QED) is 0.611. The van der Waals surface area contributed by atoms with E-state index in [9.17, 15) is 9.90 Å². The molecule has 4 nitrogen and oxygen atoms in total. The Hall–Kier alpha value is -0.610. The average Bonchev–Trinajstić information content (AvgIpc) is 2.70.